The van der Waals surface area contributed by atoms with Crippen LogP contribution in [0.25, 0.3) is 0 Å². The van der Waals surface area contributed by atoms with Crippen molar-refractivity contribution in [2.24, 2.45) is 0 Å². The second kappa shape index (κ2) is 6.00. The largest absolute Gasteiger partial charge is 0.480 e. The second-order valence-corrected chi connectivity index (χ2v) is 3.88. The van der Waals surface area contributed by atoms with Gasteiger partial charge in [0.1, 0.15) is 6.54 Å². The molecule has 94 valence electrons. The molecule has 0 aliphatic heterocycles. The highest BCUT2D eigenvalue weighted by Crippen LogP contribution is 1.97. The first-order chi connectivity index (χ1) is 7.99. The fraction of sp³-hybridized carbons (Fsp3) is 0.500. The van der Waals surface area contributed by atoms with E-state index < -0.39 is 5.97 Å². The Balaban J connectivity index is 2.46. The van der Waals surface area contributed by atoms with Gasteiger partial charge in [-0.3, -0.25) is 14.3 Å². The van der Waals surface area contributed by atoms with Crippen LogP contribution in [0.3, 0.4) is 0 Å². The first-order valence-corrected chi connectivity index (χ1v) is 5.16. The quantitative estimate of drug-likeness (QED) is 0.683. The van der Waals surface area contributed by atoms with E-state index in [-0.39, 0.29) is 12.5 Å². The summed E-state index contributed by atoms with van der Waals surface area (Å²) in [5.74, 6) is -1.24. The molecule has 0 aliphatic carbocycles. The fourth-order valence-corrected chi connectivity index (χ4v) is 1.20. The van der Waals surface area contributed by atoms with Crippen LogP contribution in [0.5, 0.6) is 0 Å². The molecule has 0 aromatic carbocycles. The predicted octanol–water partition coefficient (Wildman–Crippen LogP) is -0.741. The lowest BCUT2D eigenvalue weighted by Gasteiger charge is -2.09. The molecule has 0 saturated heterocycles. The minimum Gasteiger partial charge on any atom is -0.480 e. The van der Waals surface area contributed by atoms with Crippen molar-refractivity contribution in [3.8, 4) is 0 Å². The summed E-state index contributed by atoms with van der Waals surface area (Å²) in [5, 5.41) is 15.1. The number of aromatic nitrogens is 2. The smallest absolute Gasteiger partial charge is 0.325 e. The maximum atomic E-state index is 11.6. The molecule has 0 unspecified atom stereocenters. The molecule has 17 heavy (non-hydrogen) atoms. The zero-order valence-electron chi connectivity index (χ0n) is 9.88. The van der Waals surface area contributed by atoms with Crippen molar-refractivity contribution < 1.29 is 14.7 Å². The van der Waals surface area contributed by atoms with Crippen LogP contribution in [0, 0.1) is 0 Å². The summed E-state index contributed by atoms with van der Waals surface area (Å²) in [6.07, 6.45) is 2.77. The number of aliphatic carboxylic acids is 1. The van der Waals surface area contributed by atoms with Gasteiger partial charge >= 0.3 is 5.97 Å². The van der Waals surface area contributed by atoms with Crippen LogP contribution in [-0.4, -0.2) is 58.8 Å². The van der Waals surface area contributed by atoms with E-state index in [0.29, 0.717) is 12.1 Å². The molecule has 1 aromatic rings. The second-order valence-electron chi connectivity index (χ2n) is 3.88. The molecular formula is C10H16N4O3. The molecule has 0 spiro atoms. The van der Waals surface area contributed by atoms with E-state index in [2.05, 4.69) is 10.4 Å². The first-order valence-electron chi connectivity index (χ1n) is 5.16. The Hall–Kier alpha value is -1.89. The lowest BCUT2D eigenvalue weighted by Crippen LogP contribution is -2.31. The summed E-state index contributed by atoms with van der Waals surface area (Å²) in [5.41, 5.74) is 0.366. The molecule has 0 bridgehead atoms. The number of nitrogens with zero attached hydrogens (tertiary/aromatic N) is 3. The van der Waals surface area contributed by atoms with E-state index in [4.69, 9.17) is 5.11 Å². The SMILES string of the molecule is CN(C)CCNC(=O)c1cnn(CC(=O)O)c1. The third kappa shape index (κ3) is 4.64. The standard InChI is InChI=1S/C10H16N4O3/c1-13(2)4-3-11-10(17)8-5-12-14(6-8)7-9(15)16/h5-6H,3-4,7H2,1-2H3,(H,11,17)(H,15,16). The minimum atomic E-state index is -0.993. The average Bonchev–Trinajstić information content (AvgIpc) is 2.64. The highest BCUT2D eigenvalue weighted by molar-refractivity contribution is 5.93. The lowest BCUT2D eigenvalue weighted by molar-refractivity contribution is -0.137. The summed E-state index contributed by atoms with van der Waals surface area (Å²) < 4.78 is 1.21. The van der Waals surface area contributed by atoms with E-state index in [9.17, 15) is 9.59 Å². The van der Waals surface area contributed by atoms with Gasteiger partial charge in [0.05, 0.1) is 11.8 Å². The first kappa shape index (κ1) is 13.2. The van der Waals surface area contributed by atoms with E-state index >= 15 is 0 Å². The normalized spacial score (nSPS) is 10.5. The maximum Gasteiger partial charge on any atom is 0.325 e. The van der Waals surface area contributed by atoms with E-state index in [0.717, 1.165) is 6.54 Å². The van der Waals surface area contributed by atoms with Crippen molar-refractivity contribution >= 4 is 11.9 Å². The van der Waals surface area contributed by atoms with Gasteiger partial charge in [0.25, 0.3) is 5.91 Å². The molecule has 2 N–H and O–H groups in total. The Kier molecular flexibility index (Phi) is 4.65. The van der Waals surface area contributed by atoms with Gasteiger partial charge in [-0.2, -0.15) is 5.10 Å². The number of amides is 1. The van der Waals surface area contributed by atoms with Crippen LogP contribution in [0.1, 0.15) is 10.4 Å². The van der Waals surface area contributed by atoms with Crippen LogP contribution in [0.2, 0.25) is 0 Å². The van der Waals surface area contributed by atoms with Crippen molar-refractivity contribution in [1.82, 2.24) is 20.0 Å². The van der Waals surface area contributed by atoms with Crippen LogP contribution in [0.15, 0.2) is 12.4 Å². The molecule has 0 saturated carbocycles. The van der Waals surface area contributed by atoms with E-state index in [1.165, 1.54) is 17.1 Å². The summed E-state index contributed by atoms with van der Waals surface area (Å²) >= 11 is 0. The van der Waals surface area contributed by atoms with Gasteiger partial charge in [-0.25, -0.2) is 0 Å². The summed E-state index contributed by atoms with van der Waals surface area (Å²) in [6.45, 7) is 1.04. The summed E-state index contributed by atoms with van der Waals surface area (Å²) in [4.78, 5) is 24.0. The number of likely N-dealkylation sites (N-methyl/N-ethyl adjacent to an activating group) is 1. The predicted molar refractivity (Wildman–Crippen MR) is 60.8 cm³/mol. The van der Waals surface area contributed by atoms with E-state index in [1.54, 1.807) is 0 Å². The fourth-order valence-electron chi connectivity index (χ4n) is 1.20. The zero-order valence-corrected chi connectivity index (χ0v) is 9.88. The highest BCUT2D eigenvalue weighted by atomic mass is 16.4. The number of nitrogens with one attached hydrogen (secondary N) is 1. The topological polar surface area (TPSA) is 87.5 Å². The number of hydrogen-bond donors (Lipinski definition) is 2. The molecule has 7 nitrogen and oxygen atoms in total. The van der Waals surface area contributed by atoms with E-state index in [1.807, 2.05) is 19.0 Å². The maximum absolute atomic E-state index is 11.6. The molecule has 1 heterocycles. The molecule has 1 rings (SSSR count). The van der Waals surface area contributed by atoms with Gasteiger partial charge in [0.15, 0.2) is 0 Å². The zero-order chi connectivity index (χ0) is 12.8. The molecule has 0 atom stereocenters. The Bertz CT molecular complexity index is 400. The van der Waals surface area contributed by atoms with Crippen LogP contribution in [-0.2, 0) is 11.3 Å². The van der Waals surface area contributed by atoms with Crippen molar-refractivity contribution in [3.63, 3.8) is 0 Å². The van der Waals surface area contributed by atoms with Crippen LogP contribution >= 0.6 is 0 Å². The van der Waals surface area contributed by atoms with Gasteiger partial charge in [0, 0.05) is 19.3 Å². The van der Waals surface area contributed by atoms with Crippen LogP contribution in [0.4, 0.5) is 0 Å². The molecule has 7 heteroatoms. The summed E-state index contributed by atoms with van der Waals surface area (Å²) in [6, 6.07) is 0. The Labute approximate surface area is 99.0 Å². The number of carboxylic acids is 1. The van der Waals surface area contributed by atoms with Crippen molar-refractivity contribution in [3.05, 3.63) is 18.0 Å². The van der Waals surface area contributed by atoms with Crippen LogP contribution < -0.4 is 5.32 Å². The lowest BCUT2D eigenvalue weighted by atomic mass is 10.3. The summed E-state index contributed by atoms with van der Waals surface area (Å²) in [7, 11) is 3.83. The van der Waals surface area contributed by atoms with Gasteiger partial charge in [-0.1, -0.05) is 0 Å². The minimum absolute atomic E-state index is 0.245. The van der Waals surface area contributed by atoms with Crippen molar-refractivity contribution in [2.75, 3.05) is 27.2 Å². The monoisotopic (exact) mass is 240 g/mol. The highest BCUT2D eigenvalue weighted by Gasteiger charge is 2.09. The van der Waals surface area contributed by atoms with Crippen molar-refractivity contribution in [1.29, 1.82) is 0 Å². The Morgan fingerprint density at radius 1 is 1.53 bits per heavy atom. The third-order valence-corrected chi connectivity index (χ3v) is 2.04. The molecule has 1 aromatic heterocycles. The van der Waals surface area contributed by atoms with Crippen molar-refractivity contribution in [2.45, 2.75) is 6.54 Å². The van der Waals surface area contributed by atoms with Gasteiger partial charge in [-0.05, 0) is 14.1 Å². The van der Waals surface area contributed by atoms with Gasteiger partial charge in [-0.15, -0.1) is 0 Å². The molecule has 1 amide bonds. The molecule has 0 radical (unpaired) electrons. The Morgan fingerprint density at radius 2 is 2.24 bits per heavy atom. The Morgan fingerprint density at radius 3 is 2.82 bits per heavy atom. The number of carbonyl (C=O) groups excluding carboxylic acids is 1. The molecular weight excluding hydrogens is 224 g/mol. The third-order valence-electron chi connectivity index (χ3n) is 2.04. The molecule has 0 aliphatic rings. The van der Waals surface area contributed by atoms with Gasteiger partial charge in [0.2, 0.25) is 0 Å². The number of carbonyl (C=O) groups is 2. The number of hydrogen-bond acceptors (Lipinski definition) is 4. The van der Waals surface area contributed by atoms with Gasteiger partial charge < -0.3 is 15.3 Å². The molecule has 0 fully saturated rings. The average molecular weight is 240 g/mol. The number of rotatable bonds is 6. The number of carboxylic acid groups (broad SMARTS) is 1.